The lowest BCUT2D eigenvalue weighted by Gasteiger charge is -2.15. The Kier molecular flexibility index (Phi) is 8.24. The first-order chi connectivity index (χ1) is 15.0. The van der Waals surface area contributed by atoms with E-state index in [4.69, 9.17) is 0 Å². The molecule has 1 heterocycles. The minimum Gasteiger partial charge on any atom is -0.342 e. The molecule has 0 aliphatic carbocycles. The Morgan fingerprint density at radius 3 is 2.55 bits per heavy atom. The van der Waals surface area contributed by atoms with Crippen LogP contribution in [0.15, 0.2) is 72.4 Å². The van der Waals surface area contributed by atoms with Gasteiger partial charge < -0.3 is 15.2 Å². The smallest absolute Gasteiger partial charge is 0.251 e. The molecule has 3 aromatic rings. The molecular formula is C22H22IN5O2S. The molecule has 1 aromatic heterocycles. The van der Waals surface area contributed by atoms with E-state index < -0.39 is 0 Å². The third-order valence-corrected chi connectivity index (χ3v) is 5.97. The van der Waals surface area contributed by atoms with E-state index in [2.05, 4.69) is 50.0 Å². The minimum atomic E-state index is -0.366. The zero-order valence-corrected chi connectivity index (χ0v) is 19.9. The number of allylic oxidation sites excluding steroid dienone is 1. The molecule has 31 heavy (non-hydrogen) atoms. The summed E-state index contributed by atoms with van der Waals surface area (Å²) in [6.45, 7) is 6.11. The van der Waals surface area contributed by atoms with Crippen molar-refractivity contribution in [3.05, 3.63) is 82.2 Å². The monoisotopic (exact) mass is 547 g/mol. The number of hydrogen-bond donors (Lipinski definition) is 2. The molecule has 7 nitrogen and oxygen atoms in total. The van der Waals surface area contributed by atoms with Crippen LogP contribution < -0.4 is 10.6 Å². The van der Waals surface area contributed by atoms with Crippen molar-refractivity contribution in [2.24, 2.45) is 0 Å². The van der Waals surface area contributed by atoms with Crippen LogP contribution in [0.3, 0.4) is 0 Å². The van der Waals surface area contributed by atoms with Crippen molar-refractivity contribution >= 4 is 51.9 Å². The lowest BCUT2D eigenvalue weighted by atomic mass is 10.2. The molecular weight excluding hydrogens is 525 g/mol. The molecule has 160 valence electrons. The number of nitrogens with one attached hydrogen (secondary N) is 2. The number of halogens is 1. The van der Waals surface area contributed by atoms with Crippen molar-refractivity contribution < 1.29 is 9.59 Å². The lowest BCUT2D eigenvalue weighted by Crippen LogP contribution is -2.28. The van der Waals surface area contributed by atoms with Gasteiger partial charge in [-0.15, -0.1) is 16.8 Å². The van der Waals surface area contributed by atoms with Gasteiger partial charge in [-0.1, -0.05) is 36.0 Å². The number of carbonyl (C=O) groups is 2. The van der Waals surface area contributed by atoms with Crippen LogP contribution in [0.4, 0.5) is 5.69 Å². The molecule has 0 bridgehead atoms. The average molecular weight is 547 g/mol. The van der Waals surface area contributed by atoms with Crippen LogP contribution in [0.5, 0.6) is 0 Å². The zero-order chi connectivity index (χ0) is 22.2. The van der Waals surface area contributed by atoms with Gasteiger partial charge in [0.05, 0.1) is 11.8 Å². The summed E-state index contributed by atoms with van der Waals surface area (Å²) in [7, 11) is 0. The third kappa shape index (κ3) is 6.41. The molecule has 1 atom stereocenters. The van der Waals surface area contributed by atoms with E-state index in [1.807, 2.05) is 54.0 Å². The quantitative estimate of drug-likeness (QED) is 0.237. The van der Waals surface area contributed by atoms with Crippen LogP contribution in [-0.2, 0) is 11.3 Å². The second-order valence-corrected chi connectivity index (χ2v) is 8.83. The SMILES string of the molecule is C=CCn1c(SCC(=O)Nc2ccc(I)cc2)nnc1[C@@H](C)NC(=O)c1ccccc1. The van der Waals surface area contributed by atoms with Crippen LogP contribution in [0.25, 0.3) is 0 Å². The van der Waals surface area contributed by atoms with Crippen LogP contribution >= 0.6 is 34.4 Å². The van der Waals surface area contributed by atoms with Crippen molar-refractivity contribution in [3.63, 3.8) is 0 Å². The van der Waals surface area contributed by atoms with Crippen LogP contribution in [-0.4, -0.2) is 32.3 Å². The molecule has 0 fully saturated rings. The van der Waals surface area contributed by atoms with Gasteiger partial charge in [-0.05, 0) is 65.9 Å². The van der Waals surface area contributed by atoms with Gasteiger partial charge in [0.15, 0.2) is 11.0 Å². The lowest BCUT2D eigenvalue weighted by molar-refractivity contribution is -0.113. The molecule has 0 spiro atoms. The molecule has 9 heteroatoms. The van der Waals surface area contributed by atoms with Crippen molar-refractivity contribution in [2.45, 2.75) is 24.7 Å². The maximum Gasteiger partial charge on any atom is 0.251 e. The highest BCUT2D eigenvalue weighted by Crippen LogP contribution is 2.21. The summed E-state index contributed by atoms with van der Waals surface area (Å²) >= 11 is 3.50. The molecule has 2 N–H and O–H groups in total. The van der Waals surface area contributed by atoms with E-state index in [0.29, 0.717) is 23.1 Å². The second kappa shape index (κ2) is 11.1. The Labute approximate surface area is 198 Å². The van der Waals surface area contributed by atoms with Gasteiger partial charge in [-0.2, -0.15) is 0 Å². The van der Waals surface area contributed by atoms with Gasteiger partial charge in [-0.3, -0.25) is 9.59 Å². The van der Waals surface area contributed by atoms with Gasteiger partial charge in [-0.25, -0.2) is 0 Å². The summed E-state index contributed by atoms with van der Waals surface area (Å²) in [6, 6.07) is 16.2. The van der Waals surface area contributed by atoms with Gasteiger partial charge in [0.25, 0.3) is 5.91 Å². The van der Waals surface area contributed by atoms with Crippen LogP contribution in [0, 0.1) is 3.57 Å². The summed E-state index contributed by atoms with van der Waals surface area (Å²) in [5, 5.41) is 14.9. The van der Waals surface area contributed by atoms with Crippen molar-refractivity contribution in [1.29, 1.82) is 0 Å². The molecule has 0 aliphatic heterocycles. The number of rotatable bonds is 9. The van der Waals surface area contributed by atoms with Gasteiger partial charge in [0, 0.05) is 21.4 Å². The highest BCUT2D eigenvalue weighted by atomic mass is 127. The molecule has 0 saturated carbocycles. The van der Waals surface area contributed by atoms with E-state index in [1.54, 1.807) is 18.2 Å². The van der Waals surface area contributed by atoms with E-state index in [-0.39, 0.29) is 23.6 Å². The normalized spacial score (nSPS) is 11.5. The number of benzene rings is 2. The van der Waals surface area contributed by atoms with Crippen LogP contribution in [0.1, 0.15) is 29.1 Å². The summed E-state index contributed by atoms with van der Waals surface area (Å²) in [6.07, 6.45) is 1.73. The topological polar surface area (TPSA) is 88.9 Å². The number of nitrogens with zero attached hydrogens (tertiary/aromatic N) is 3. The van der Waals surface area contributed by atoms with E-state index >= 15 is 0 Å². The van der Waals surface area contributed by atoms with Crippen LogP contribution in [0.2, 0.25) is 0 Å². The highest BCUT2D eigenvalue weighted by molar-refractivity contribution is 14.1. The van der Waals surface area contributed by atoms with Gasteiger partial charge in [0.1, 0.15) is 0 Å². The number of carbonyl (C=O) groups excluding carboxylic acids is 2. The third-order valence-electron chi connectivity index (χ3n) is 4.29. The number of thioether (sulfide) groups is 1. The summed E-state index contributed by atoms with van der Waals surface area (Å²) < 4.78 is 2.95. The Morgan fingerprint density at radius 2 is 1.87 bits per heavy atom. The average Bonchev–Trinajstić information content (AvgIpc) is 3.17. The van der Waals surface area contributed by atoms with E-state index in [0.717, 1.165) is 9.26 Å². The summed E-state index contributed by atoms with van der Waals surface area (Å²) in [4.78, 5) is 24.8. The van der Waals surface area contributed by atoms with Crippen molar-refractivity contribution in [1.82, 2.24) is 20.1 Å². The fourth-order valence-corrected chi connectivity index (χ4v) is 3.94. The Morgan fingerprint density at radius 1 is 1.16 bits per heavy atom. The molecule has 0 radical (unpaired) electrons. The number of amides is 2. The summed E-state index contributed by atoms with van der Waals surface area (Å²) in [5.74, 6) is 0.467. The zero-order valence-electron chi connectivity index (χ0n) is 16.9. The van der Waals surface area contributed by atoms with Crippen molar-refractivity contribution in [2.75, 3.05) is 11.1 Å². The number of anilines is 1. The molecule has 2 amide bonds. The maximum absolute atomic E-state index is 12.5. The first-order valence-corrected chi connectivity index (χ1v) is 11.6. The molecule has 0 aliphatic rings. The predicted octanol–water partition coefficient (Wildman–Crippen LogP) is 4.29. The number of aromatic nitrogens is 3. The molecule has 2 aromatic carbocycles. The Hall–Kier alpha value is -2.66. The van der Waals surface area contributed by atoms with Gasteiger partial charge in [0.2, 0.25) is 5.91 Å². The highest BCUT2D eigenvalue weighted by Gasteiger charge is 2.20. The largest absolute Gasteiger partial charge is 0.342 e. The fraction of sp³-hybridized carbons (Fsp3) is 0.182. The Bertz CT molecular complexity index is 1050. The molecule has 0 unspecified atom stereocenters. The maximum atomic E-state index is 12.5. The molecule has 0 saturated heterocycles. The summed E-state index contributed by atoms with van der Waals surface area (Å²) in [5.41, 5.74) is 1.32. The number of hydrogen-bond acceptors (Lipinski definition) is 5. The fourth-order valence-electron chi connectivity index (χ4n) is 2.82. The molecule has 3 rings (SSSR count). The van der Waals surface area contributed by atoms with E-state index in [1.165, 1.54) is 11.8 Å². The van der Waals surface area contributed by atoms with Gasteiger partial charge >= 0.3 is 0 Å². The minimum absolute atomic E-state index is 0.133. The first kappa shape index (κ1) is 23.0. The second-order valence-electron chi connectivity index (χ2n) is 6.64. The van der Waals surface area contributed by atoms with Crippen molar-refractivity contribution in [3.8, 4) is 0 Å². The predicted molar refractivity (Wildman–Crippen MR) is 131 cm³/mol. The standard InChI is InChI=1S/C22H22IN5O2S/c1-3-13-28-20(15(2)24-21(30)16-7-5-4-6-8-16)26-27-22(28)31-14-19(29)25-18-11-9-17(23)10-12-18/h3-12,15H,1,13-14H2,2H3,(H,24,30)(H,25,29)/t15-/m1/s1. The Balaban J connectivity index is 1.65. The first-order valence-electron chi connectivity index (χ1n) is 9.56. The van der Waals surface area contributed by atoms with E-state index in [9.17, 15) is 9.59 Å².